The highest BCUT2D eigenvalue weighted by atomic mass is 35.5. The van der Waals surface area contributed by atoms with Gasteiger partial charge in [0.15, 0.2) is 5.82 Å². The Morgan fingerprint density at radius 2 is 1.89 bits per heavy atom. The fraction of sp³-hybridized carbons (Fsp3) is 0.545. The van der Waals surface area contributed by atoms with Crippen molar-refractivity contribution in [2.45, 2.75) is 12.8 Å². The van der Waals surface area contributed by atoms with Gasteiger partial charge in [-0.2, -0.15) is 0 Å². The van der Waals surface area contributed by atoms with Crippen LogP contribution in [0.3, 0.4) is 0 Å². The number of hydrogen-bond donors (Lipinski definition) is 3. The van der Waals surface area contributed by atoms with Crippen molar-refractivity contribution in [3.8, 4) is 0 Å². The second kappa shape index (κ2) is 7.63. The highest BCUT2D eigenvalue weighted by molar-refractivity contribution is 6.37. The summed E-state index contributed by atoms with van der Waals surface area (Å²) < 4.78 is 0. The fourth-order valence-corrected chi connectivity index (χ4v) is 1.93. The van der Waals surface area contributed by atoms with Crippen LogP contribution in [0.2, 0.25) is 10.0 Å². The lowest BCUT2D eigenvalue weighted by molar-refractivity contribution is 0.396. The van der Waals surface area contributed by atoms with Gasteiger partial charge >= 0.3 is 0 Å². The van der Waals surface area contributed by atoms with Crippen molar-refractivity contribution in [2.75, 3.05) is 37.9 Å². The third-order valence-corrected chi connectivity index (χ3v) is 2.97. The summed E-state index contributed by atoms with van der Waals surface area (Å²) in [5.41, 5.74) is 2.43. The van der Waals surface area contributed by atoms with Crippen molar-refractivity contribution in [3.63, 3.8) is 0 Å². The largest absolute Gasteiger partial charge is 0.369 e. The zero-order chi connectivity index (χ0) is 13.5. The molecule has 0 aliphatic carbocycles. The maximum atomic E-state index is 6.04. The van der Waals surface area contributed by atoms with Gasteiger partial charge in [0, 0.05) is 6.54 Å². The summed E-state index contributed by atoms with van der Waals surface area (Å²) >= 11 is 11.9. The van der Waals surface area contributed by atoms with E-state index in [-0.39, 0.29) is 0 Å². The van der Waals surface area contributed by atoms with Crippen LogP contribution in [0.15, 0.2) is 6.07 Å². The van der Waals surface area contributed by atoms with Crippen LogP contribution in [0.5, 0.6) is 0 Å². The van der Waals surface area contributed by atoms with E-state index in [2.05, 4.69) is 34.7 Å². The number of rotatable bonds is 7. The van der Waals surface area contributed by atoms with Crippen molar-refractivity contribution in [3.05, 3.63) is 16.1 Å². The predicted octanol–water partition coefficient (Wildman–Crippen LogP) is 2.43. The molecule has 18 heavy (non-hydrogen) atoms. The van der Waals surface area contributed by atoms with Gasteiger partial charge in [0.25, 0.3) is 0 Å². The topological polar surface area (TPSA) is 66.2 Å². The first kappa shape index (κ1) is 15.3. The molecule has 1 heterocycles. The molecule has 0 radical (unpaired) electrons. The molecule has 0 saturated heterocycles. The molecule has 0 aliphatic rings. The van der Waals surface area contributed by atoms with E-state index < -0.39 is 0 Å². The van der Waals surface area contributed by atoms with Gasteiger partial charge in [-0.05, 0) is 39.5 Å². The molecular formula is C11H19Cl2N5. The first-order chi connectivity index (χ1) is 8.54. The predicted molar refractivity (Wildman–Crippen MR) is 78.3 cm³/mol. The minimum atomic E-state index is 0.403. The third-order valence-electron chi connectivity index (χ3n) is 2.39. The fourth-order valence-electron chi connectivity index (χ4n) is 1.45. The van der Waals surface area contributed by atoms with E-state index in [0.717, 1.165) is 25.9 Å². The lowest BCUT2D eigenvalue weighted by Crippen LogP contribution is -2.15. The standard InChI is InChI=1S/C11H19Cl2N5/c1-18(2)6-4-3-5-15-10-8(12)7-9(13)11(16-10)17-14/h7H,3-6,14H2,1-2H3,(H2,15,16,17). The van der Waals surface area contributed by atoms with Crippen LogP contribution in [0.25, 0.3) is 0 Å². The van der Waals surface area contributed by atoms with Crippen LogP contribution >= 0.6 is 23.2 Å². The Morgan fingerprint density at radius 1 is 1.22 bits per heavy atom. The summed E-state index contributed by atoms with van der Waals surface area (Å²) in [4.78, 5) is 6.36. The SMILES string of the molecule is CN(C)CCCCNc1nc(NN)c(Cl)cc1Cl. The van der Waals surface area contributed by atoms with Crippen LogP contribution in [0.1, 0.15) is 12.8 Å². The number of nitrogens with zero attached hydrogens (tertiary/aromatic N) is 2. The minimum Gasteiger partial charge on any atom is -0.369 e. The van der Waals surface area contributed by atoms with Gasteiger partial charge in [0.2, 0.25) is 0 Å². The van der Waals surface area contributed by atoms with Gasteiger partial charge in [0.05, 0.1) is 10.0 Å². The van der Waals surface area contributed by atoms with E-state index in [4.69, 9.17) is 29.0 Å². The smallest absolute Gasteiger partial charge is 0.161 e. The second-order valence-corrected chi connectivity index (χ2v) is 5.05. The zero-order valence-electron chi connectivity index (χ0n) is 10.6. The maximum Gasteiger partial charge on any atom is 0.161 e. The second-order valence-electron chi connectivity index (χ2n) is 4.23. The molecule has 1 rings (SSSR count). The van der Waals surface area contributed by atoms with Crippen LogP contribution in [0, 0.1) is 0 Å². The van der Waals surface area contributed by atoms with Crippen LogP contribution < -0.4 is 16.6 Å². The highest BCUT2D eigenvalue weighted by Crippen LogP contribution is 2.28. The average Bonchev–Trinajstić information content (AvgIpc) is 2.30. The lowest BCUT2D eigenvalue weighted by Gasteiger charge is -2.12. The molecule has 0 fully saturated rings. The van der Waals surface area contributed by atoms with E-state index in [1.807, 2.05) is 0 Å². The number of pyridine rings is 1. The average molecular weight is 292 g/mol. The van der Waals surface area contributed by atoms with Crippen molar-refractivity contribution < 1.29 is 0 Å². The molecule has 0 aromatic carbocycles. The van der Waals surface area contributed by atoms with Crippen molar-refractivity contribution in [1.82, 2.24) is 9.88 Å². The number of halogens is 2. The van der Waals surface area contributed by atoms with Crippen LogP contribution in [-0.4, -0.2) is 37.1 Å². The van der Waals surface area contributed by atoms with Crippen molar-refractivity contribution in [1.29, 1.82) is 0 Å². The number of nitrogens with one attached hydrogen (secondary N) is 2. The Bertz CT molecular complexity index is 384. The molecule has 0 bridgehead atoms. The number of hydrazine groups is 1. The summed E-state index contributed by atoms with van der Waals surface area (Å²) in [6.07, 6.45) is 2.16. The Labute approximate surface area is 118 Å². The van der Waals surface area contributed by atoms with Crippen LogP contribution in [-0.2, 0) is 0 Å². The monoisotopic (exact) mass is 291 g/mol. The molecule has 1 aromatic heterocycles. The van der Waals surface area contributed by atoms with Gasteiger partial charge in [-0.1, -0.05) is 23.2 Å². The van der Waals surface area contributed by atoms with E-state index >= 15 is 0 Å². The number of nitrogens with two attached hydrogens (primary N) is 1. The summed E-state index contributed by atoms with van der Waals surface area (Å²) in [7, 11) is 4.12. The van der Waals surface area contributed by atoms with Gasteiger partial charge in [-0.3, -0.25) is 0 Å². The molecular weight excluding hydrogens is 273 g/mol. The molecule has 0 amide bonds. The first-order valence-electron chi connectivity index (χ1n) is 5.76. The molecule has 7 heteroatoms. The highest BCUT2D eigenvalue weighted by Gasteiger charge is 2.07. The Hall–Kier alpha value is -0.750. The zero-order valence-corrected chi connectivity index (χ0v) is 12.1. The lowest BCUT2D eigenvalue weighted by atomic mass is 10.3. The van der Waals surface area contributed by atoms with Gasteiger partial charge in [-0.25, -0.2) is 10.8 Å². The van der Waals surface area contributed by atoms with Gasteiger partial charge in [0.1, 0.15) is 5.82 Å². The summed E-state index contributed by atoms with van der Waals surface area (Å²) in [5.74, 6) is 6.32. The molecule has 0 spiro atoms. The van der Waals surface area contributed by atoms with E-state index in [9.17, 15) is 0 Å². The number of unbranched alkanes of at least 4 members (excludes halogenated alkanes) is 1. The van der Waals surface area contributed by atoms with Gasteiger partial charge in [-0.15, -0.1) is 0 Å². The molecule has 102 valence electrons. The molecule has 1 aromatic rings. The number of anilines is 2. The number of nitrogen functional groups attached to an aromatic ring is 1. The third kappa shape index (κ3) is 4.86. The summed E-state index contributed by atoms with van der Waals surface area (Å²) in [6.45, 7) is 1.88. The van der Waals surface area contributed by atoms with Crippen LogP contribution in [0.4, 0.5) is 11.6 Å². The normalized spacial score (nSPS) is 10.8. The molecule has 5 nitrogen and oxygen atoms in total. The van der Waals surface area contributed by atoms with Crippen molar-refractivity contribution >= 4 is 34.8 Å². The molecule has 0 atom stereocenters. The minimum absolute atomic E-state index is 0.403. The van der Waals surface area contributed by atoms with E-state index in [0.29, 0.717) is 21.7 Å². The maximum absolute atomic E-state index is 6.04. The number of hydrogen-bond acceptors (Lipinski definition) is 5. The summed E-state index contributed by atoms with van der Waals surface area (Å²) in [5, 5.41) is 4.07. The van der Waals surface area contributed by atoms with E-state index in [1.165, 1.54) is 0 Å². The molecule has 0 aliphatic heterocycles. The Morgan fingerprint density at radius 3 is 2.50 bits per heavy atom. The van der Waals surface area contributed by atoms with Gasteiger partial charge < -0.3 is 15.6 Å². The van der Waals surface area contributed by atoms with E-state index in [1.54, 1.807) is 6.07 Å². The first-order valence-corrected chi connectivity index (χ1v) is 6.51. The molecule has 0 unspecified atom stereocenters. The summed E-state index contributed by atoms with van der Waals surface area (Å²) in [6, 6.07) is 1.62. The molecule has 0 saturated carbocycles. The Kier molecular flexibility index (Phi) is 6.49. The Balaban J connectivity index is 2.47. The molecule has 4 N–H and O–H groups in total. The quantitative estimate of drug-likeness (QED) is 0.409. The number of aromatic nitrogens is 1. The van der Waals surface area contributed by atoms with Crippen molar-refractivity contribution in [2.24, 2.45) is 5.84 Å².